The second-order valence-corrected chi connectivity index (χ2v) is 4.60. The van der Waals surface area contributed by atoms with Crippen LogP contribution in [0.5, 0.6) is 0 Å². The van der Waals surface area contributed by atoms with Crippen LogP contribution in [0.2, 0.25) is 0 Å². The Kier molecular flexibility index (Phi) is 3.33. The predicted octanol–water partition coefficient (Wildman–Crippen LogP) is 0.161. The van der Waals surface area contributed by atoms with Crippen LogP contribution in [0.1, 0.15) is 35.9 Å². The summed E-state index contributed by atoms with van der Waals surface area (Å²) in [7, 11) is 0. The Labute approximate surface area is 101 Å². The fourth-order valence-corrected chi connectivity index (χ4v) is 1.98. The van der Waals surface area contributed by atoms with Crippen LogP contribution in [0.15, 0.2) is 0 Å². The van der Waals surface area contributed by atoms with Gasteiger partial charge in [0, 0.05) is 26.2 Å². The third kappa shape index (κ3) is 2.26. The molecule has 1 amide bonds. The number of rotatable bonds is 2. The number of nitrogens with two attached hydrogens (primary N) is 1. The molecule has 1 fully saturated rings. The van der Waals surface area contributed by atoms with Gasteiger partial charge in [0.15, 0.2) is 5.69 Å². The van der Waals surface area contributed by atoms with Gasteiger partial charge in [0.1, 0.15) is 0 Å². The summed E-state index contributed by atoms with van der Waals surface area (Å²) in [6.07, 6.45) is 0. The molecule has 1 aromatic heterocycles. The van der Waals surface area contributed by atoms with Crippen LogP contribution in [-0.2, 0) is 0 Å². The van der Waals surface area contributed by atoms with Crippen LogP contribution in [0.25, 0.3) is 0 Å². The number of anilines is 1. The van der Waals surface area contributed by atoms with E-state index in [1.54, 1.807) is 4.90 Å². The Morgan fingerprint density at radius 3 is 2.59 bits per heavy atom. The lowest BCUT2D eigenvalue weighted by atomic mass is 10.1. The Morgan fingerprint density at radius 1 is 1.41 bits per heavy atom. The molecule has 0 atom stereocenters. The molecular formula is C11H19N5O. The van der Waals surface area contributed by atoms with Gasteiger partial charge in [-0.1, -0.05) is 13.8 Å². The summed E-state index contributed by atoms with van der Waals surface area (Å²) in [6.45, 7) is 7.11. The van der Waals surface area contributed by atoms with Gasteiger partial charge in [0.2, 0.25) is 0 Å². The Bertz CT molecular complexity index is 406. The highest BCUT2D eigenvalue weighted by Gasteiger charge is 2.24. The van der Waals surface area contributed by atoms with E-state index in [4.69, 9.17) is 5.73 Å². The van der Waals surface area contributed by atoms with E-state index in [2.05, 4.69) is 15.5 Å². The second-order valence-electron chi connectivity index (χ2n) is 4.60. The number of piperazine rings is 1. The number of hydrogen-bond acceptors (Lipinski definition) is 4. The van der Waals surface area contributed by atoms with Crippen molar-refractivity contribution < 1.29 is 4.79 Å². The first-order valence-corrected chi connectivity index (χ1v) is 5.95. The van der Waals surface area contributed by atoms with Crippen molar-refractivity contribution in [2.24, 2.45) is 0 Å². The fraction of sp³-hybridized carbons (Fsp3) is 0.636. The number of nitrogen functional groups attached to an aromatic ring is 1. The number of nitrogens with zero attached hydrogens (tertiary/aromatic N) is 2. The summed E-state index contributed by atoms with van der Waals surface area (Å²) < 4.78 is 0. The van der Waals surface area contributed by atoms with Crippen molar-refractivity contribution in [1.82, 2.24) is 20.4 Å². The molecule has 94 valence electrons. The molecule has 0 bridgehead atoms. The second kappa shape index (κ2) is 4.75. The van der Waals surface area contributed by atoms with Gasteiger partial charge in [-0.2, -0.15) is 5.10 Å². The molecular weight excluding hydrogens is 218 g/mol. The zero-order valence-electron chi connectivity index (χ0n) is 10.3. The maximum Gasteiger partial charge on any atom is 0.276 e. The smallest absolute Gasteiger partial charge is 0.276 e. The highest BCUT2D eigenvalue weighted by molar-refractivity contribution is 5.97. The Balaban J connectivity index is 2.19. The number of amides is 1. The van der Waals surface area contributed by atoms with Crippen molar-refractivity contribution >= 4 is 11.6 Å². The third-order valence-electron chi connectivity index (χ3n) is 3.02. The molecule has 0 spiro atoms. The van der Waals surface area contributed by atoms with E-state index in [0.717, 1.165) is 18.8 Å². The Hall–Kier alpha value is -1.56. The molecule has 1 saturated heterocycles. The molecule has 6 nitrogen and oxygen atoms in total. The average Bonchev–Trinajstić information content (AvgIpc) is 2.71. The van der Waals surface area contributed by atoms with Crippen molar-refractivity contribution in [3.05, 3.63) is 11.4 Å². The maximum absolute atomic E-state index is 12.2. The normalized spacial score (nSPS) is 16.5. The molecule has 1 aromatic rings. The number of hydrogen-bond donors (Lipinski definition) is 3. The quantitative estimate of drug-likeness (QED) is 0.684. The van der Waals surface area contributed by atoms with E-state index in [9.17, 15) is 4.79 Å². The molecule has 0 radical (unpaired) electrons. The van der Waals surface area contributed by atoms with Gasteiger partial charge in [0.05, 0.1) is 11.4 Å². The molecule has 6 heteroatoms. The number of carbonyl (C=O) groups is 1. The SMILES string of the molecule is CC(C)c1[nH]nc(C(=O)N2CCNCC2)c1N. The first kappa shape index (κ1) is 11.9. The Morgan fingerprint density at radius 2 is 2.06 bits per heavy atom. The lowest BCUT2D eigenvalue weighted by Gasteiger charge is -2.26. The highest BCUT2D eigenvalue weighted by atomic mass is 16.2. The third-order valence-corrected chi connectivity index (χ3v) is 3.02. The number of aromatic nitrogens is 2. The number of aromatic amines is 1. The van der Waals surface area contributed by atoms with Gasteiger partial charge < -0.3 is 16.0 Å². The lowest BCUT2D eigenvalue weighted by molar-refractivity contribution is 0.0731. The first-order valence-electron chi connectivity index (χ1n) is 5.95. The molecule has 1 aliphatic rings. The minimum Gasteiger partial charge on any atom is -0.395 e. The molecule has 0 unspecified atom stereocenters. The van der Waals surface area contributed by atoms with E-state index in [1.165, 1.54) is 0 Å². The van der Waals surface area contributed by atoms with E-state index in [1.807, 2.05) is 13.8 Å². The number of carbonyl (C=O) groups excluding carboxylic acids is 1. The molecule has 0 aliphatic carbocycles. The predicted molar refractivity (Wildman–Crippen MR) is 65.9 cm³/mol. The van der Waals surface area contributed by atoms with Gasteiger partial charge in [0.25, 0.3) is 5.91 Å². The van der Waals surface area contributed by atoms with Crippen LogP contribution in [-0.4, -0.2) is 47.2 Å². The summed E-state index contributed by atoms with van der Waals surface area (Å²) >= 11 is 0. The topological polar surface area (TPSA) is 87.0 Å². The van der Waals surface area contributed by atoms with Gasteiger partial charge in [-0.3, -0.25) is 9.89 Å². The van der Waals surface area contributed by atoms with Crippen molar-refractivity contribution in [2.75, 3.05) is 31.9 Å². The monoisotopic (exact) mass is 237 g/mol. The summed E-state index contributed by atoms with van der Waals surface area (Å²) in [4.78, 5) is 14.0. The number of nitrogens with one attached hydrogen (secondary N) is 2. The van der Waals surface area contributed by atoms with Crippen LogP contribution in [0.3, 0.4) is 0 Å². The summed E-state index contributed by atoms with van der Waals surface area (Å²) in [6, 6.07) is 0. The molecule has 2 heterocycles. The van der Waals surface area contributed by atoms with Crippen molar-refractivity contribution in [2.45, 2.75) is 19.8 Å². The van der Waals surface area contributed by atoms with Crippen molar-refractivity contribution in [1.29, 1.82) is 0 Å². The summed E-state index contributed by atoms with van der Waals surface area (Å²) in [5.41, 5.74) is 7.64. The van der Waals surface area contributed by atoms with E-state index in [-0.39, 0.29) is 11.8 Å². The van der Waals surface area contributed by atoms with Gasteiger partial charge in [-0.25, -0.2) is 0 Å². The minimum absolute atomic E-state index is 0.0767. The lowest BCUT2D eigenvalue weighted by Crippen LogP contribution is -2.46. The number of H-pyrrole nitrogens is 1. The van der Waals surface area contributed by atoms with Crippen molar-refractivity contribution in [3.63, 3.8) is 0 Å². The van der Waals surface area contributed by atoms with Crippen LogP contribution in [0.4, 0.5) is 5.69 Å². The fourth-order valence-electron chi connectivity index (χ4n) is 1.98. The molecule has 2 rings (SSSR count). The zero-order chi connectivity index (χ0) is 12.4. The van der Waals surface area contributed by atoms with E-state index >= 15 is 0 Å². The van der Waals surface area contributed by atoms with Gasteiger partial charge in [-0.05, 0) is 5.92 Å². The minimum atomic E-state index is -0.0767. The summed E-state index contributed by atoms with van der Waals surface area (Å²) in [5.74, 6) is 0.166. The zero-order valence-corrected chi connectivity index (χ0v) is 10.3. The van der Waals surface area contributed by atoms with Crippen molar-refractivity contribution in [3.8, 4) is 0 Å². The largest absolute Gasteiger partial charge is 0.395 e. The molecule has 0 saturated carbocycles. The maximum atomic E-state index is 12.2. The van der Waals surface area contributed by atoms with Crippen LogP contribution < -0.4 is 11.1 Å². The molecule has 1 aliphatic heterocycles. The van der Waals surface area contributed by atoms with Crippen LogP contribution in [0, 0.1) is 0 Å². The van der Waals surface area contributed by atoms with Crippen LogP contribution >= 0.6 is 0 Å². The average molecular weight is 237 g/mol. The first-order chi connectivity index (χ1) is 8.11. The highest BCUT2D eigenvalue weighted by Crippen LogP contribution is 2.23. The van der Waals surface area contributed by atoms with Gasteiger partial charge >= 0.3 is 0 Å². The molecule has 17 heavy (non-hydrogen) atoms. The van der Waals surface area contributed by atoms with E-state index < -0.39 is 0 Å². The summed E-state index contributed by atoms with van der Waals surface area (Å²) in [5, 5.41) is 10.1. The standard InChI is InChI=1S/C11H19N5O/c1-7(2)9-8(12)10(15-14-9)11(17)16-5-3-13-4-6-16/h7,13H,3-6,12H2,1-2H3,(H,14,15). The molecule has 0 aromatic carbocycles. The molecule has 4 N–H and O–H groups in total. The van der Waals surface area contributed by atoms with Gasteiger partial charge in [-0.15, -0.1) is 0 Å². The van der Waals surface area contributed by atoms with E-state index in [0.29, 0.717) is 24.5 Å².